The molecule has 0 saturated carbocycles. The molecule has 0 saturated heterocycles. The van der Waals surface area contributed by atoms with E-state index in [1.807, 2.05) is 38.1 Å². The van der Waals surface area contributed by atoms with Gasteiger partial charge in [0, 0.05) is 7.05 Å². The van der Waals surface area contributed by atoms with Crippen LogP contribution in [0, 0.1) is 6.92 Å². The molecule has 4 heteroatoms. The van der Waals surface area contributed by atoms with Gasteiger partial charge in [0.25, 0.3) is 5.91 Å². The van der Waals surface area contributed by atoms with E-state index in [2.05, 4.69) is 4.98 Å². The monoisotopic (exact) mass is 288 g/mol. The van der Waals surface area contributed by atoms with Crippen molar-refractivity contribution in [1.29, 1.82) is 0 Å². The highest BCUT2D eigenvalue weighted by molar-refractivity contribution is 6.29. The van der Waals surface area contributed by atoms with E-state index >= 15 is 0 Å². The molecule has 1 unspecified atom stereocenters. The third-order valence-corrected chi connectivity index (χ3v) is 3.61. The van der Waals surface area contributed by atoms with Gasteiger partial charge in [0.1, 0.15) is 10.8 Å². The fraction of sp³-hybridized carbons (Fsp3) is 0.250. The molecule has 1 aromatic carbocycles. The molecule has 0 bridgehead atoms. The van der Waals surface area contributed by atoms with Crippen molar-refractivity contribution in [1.82, 2.24) is 9.88 Å². The lowest BCUT2D eigenvalue weighted by Crippen LogP contribution is -2.30. The van der Waals surface area contributed by atoms with Gasteiger partial charge in [-0.25, -0.2) is 4.98 Å². The maximum absolute atomic E-state index is 12.4. The van der Waals surface area contributed by atoms with E-state index in [-0.39, 0.29) is 11.9 Å². The van der Waals surface area contributed by atoms with Crippen LogP contribution in [0.1, 0.15) is 34.6 Å². The molecule has 0 aliphatic carbocycles. The van der Waals surface area contributed by atoms with Crippen LogP contribution in [-0.4, -0.2) is 22.8 Å². The van der Waals surface area contributed by atoms with Crippen molar-refractivity contribution in [2.75, 3.05) is 7.05 Å². The molecule has 1 heterocycles. The molecule has 1 atom stereocenters. The van der Waals surface area contributed by atoms with Crippen LogP contribution in [0.15, 0.2) is 42.5 Å². The number of amides is 1. The summed E-state index contributed by atoms with van der Waals surface area (Å²) in [4.78, 5) is 18.1. The van der Waals surface area contributed by atoms with Crippen molar-refractivity contribution in [2.24, 2.45) is 0 Å². The smallest absolute Gasteiger partial charge is 0.272 e. The zero-order valence-electron chi connectivity index (χ0n) is 11.8. The average molecular weight is 289 g/mol. The number of carbonyl (C=O) groups is 1. The number of hydrogen-bond acceptors (Lipinski definition) is 2. The molecule has 3 nitrogen and oxygen atoms in total. The Morgan fingerprint density at radius 2 is 1.85 bits per heavy atom. The number of nitrogens with zero attached hydrogens (tertiary/aromatic N) is 2. The predicted octanol–water partition coefficient (Wildman–Crippen LogP) is 3.88. The molecule has 1 amide bonds. The average Bonchev–Trinajstić information content (AvgIpc) is 2.46. The Morgan fingerprint density at radius 1 is 1.20 bits per heavy atom. The van der Waals surface area contributed by atoms with Crippen molar-refractivity contribution in [3.05, 3.63) is 64.4 Å². The molecule has 0 spiro atoms. The van der Waals surface area contributed by atoms with Gasteiger partial charge < -0.3 is 4.90 Å². The lowest BCUT2D eigenvalue weighted by molar-refractivity contribution is 0.0736. The highest BCUT2D eigenvalue weighted by Gasteiger charge is 2.19. The number of halogens is 1. The molecular weight excluding hydrogens is 272 g/mol. The number of hydrogen-bond donors (Lipinski definition) is 0. The maximum atomic E-state index is 12.4. The van der Waals surface area contributed by atoms with E-state index in [4.69, 9.17) is 11.6 Å². The Bertz CT molecular complexity index is 610. The number of pyridine rings is 1. The minimum atomic E-state index is -0.138. The minimum Gasteiger partial charge on any atom is -0.334 e. The highest BCUT2D eigenvalue weighted by atomic mass is 35.5. The van der Waals surface area contributed by atoms with E-state index in [1.165, 1.54) is 5.56 Å². The summed E-state index contributed by atoms with van der Waals surface area (Å²) in [6.45, 7) is 4.03. The van der Waals surface area contributed by atoms with Crippen LogP contribution in [0.3, 0.4) is 0 Å². The standard InChI is InChI=1S/C16H17ClN2O/c1-11-7-9-13(10-8-11)12(2)19(3)16(20)14-5-4-6-15(17)18-14/h4-10,12H,1-3H3. The van der Waals surface area contributed by atoms with Crippen LogP contribution in [0.5, 0.6) is 0 Å². The van der Waals surface area contributed by atoms with E-state index < -0.39 is 0 Å². The normalized spacial score (nSPS) is 12.0. The second-order valence-electron chi connectivity index (χ2n) is 4.85. The Hall–Kier alpha value is -1.87. The van der Waals surface area contributed by atoms with Gasteiger partial charge in [-0.3, -0.25) is 4.79 Å². The van der Waals surface area contributed by atoms with E-state index in [1.54, 1.807) is 30.1 Å². The molecule has 2 aromatic rings. The summed E-state index contributed by atoms with van der Waals surface area (Å²) in [5, 5.41) is 0.326. The van der Waals surface area contributed by atoms with E-state index in [9.17, 15) is 4.79 Å². The van der Waals surface area contributed by atoms with Crippen LogP contribution in [0.2, 0.25) is 5.15 Å². The summed E-state index contributed by atoms with van der Waals surface area (Å²) in [5.41, 5.74) is 2.65. The summed E-state index contributed by atoms with van der Waals surface area (Å²) in [6, 6.07) is 13.2. The van der Waals surface area contributed by atoms with Crippen LogP contribution in [-0.2, 0) is 0 Å². The second kappa shape index (κ2) is 6.06. The van der Waals surface area contributed by atoms with Gasteiger partial charge in [0.2, 0.25) is 0 Å². The summed E-state index contributed by atoms with van der Waals surface area (Å²) < 4.78 is 0. The zero-order chi connectivity index (χ0) is 14.7. The minimum absolute atomic E-state index is 0.0242. The number of carbonyl (C=O) groups excluding carboxylic acids is 1. The number of aryl methyl sites for hydroxylation is 1. The van der Waals surface area contributed by atoms with E-state index in [0.717, 1.165) is 5.56 Å². The number of benzene rings is 1. The molecule has 0 aliphatic rings. The largest absolute Gasteiger partial charge is 0.334 e. The lowest BCUT2D eigenvalue weighted by atomic mass is 10.1. The van der Waals surface area contributed by atoms with E-state index in [0.29, 0.717) is 10.8 Å². The van der Waals surface area contributed by atoms with Crippen LogP contribution in [0.25, 0.3) is 0 Å². The molecule has 104 valence electrons. The van der Waals surface area contributed by atoms with Gasteiger partial charge in [-0.1, -0.05) is 47.5 Å². The van der Waals surface area contributed by atoms with Crippen molar-refractivity contribution in [3.63, 3.8) is 0 Å². The van der Waals surface area contributed by atoms with Crippen molar-refractivity contribution < 1.29 is 4.79 Å². The first-order valence-electron chi connectivity index (χ1n) is 6.45. The summed E-state index contributed by atoms with van der Waals surface area (Å²) in [5.74, 6) is -0.138. The van der Waals surface area contributed by atoms with Crippen LogP contribution >= 0.6 is 11.6 Å². The molecule has 0 N–H and O–H groups in total. The van der Waals surface area contributed by atoms with Gasteiger partial charge in [-0.05, 0) is 31.5 Å². The SMILES string of the molecule is Cc1ccc(C(C)N(C)C(=O)c2cccc(Cl)n2)cc1. The third-order valence-electron chi connectivity index (χ3n) is 3.40. The summed E-state index contributed by atoms with van der Waals surface area (Å²) in [7, 11) is 1.77. The first-order chi connectivity index (χ1) is 9.49. The molecule has 0 fully saturated rings. The summed E-state index contributed by atoms with van der Waals surface area (Å²) in [6.07, 6.45) is 0. The topological polar surface area (TPSA) is 33.2 Å². The molecular formula is C16H17ClN2O. The van der Waals surface area contributed by atoms with Gasteiger partial charge in [0.15, 0.2) is 0 Å². The highest BCUT2D eigenvalue weighted by Crippen LogP contribution is 2.21. The van der Waals surface area contributed by atoms with Gasteiger partial charge in [-0.2, -0.15) is 0 Å². The number of aromatic nitrogens is 1. The molecule has 2 rings (SSSR count). The second-order valence-corrected chi connectivity index (χ2v) is 5.24. The van der Waals surface area contributed by atoms with Crippen molar-refractivity contribution in [2.45, 2.75) is 19.9 Å². The predicted molar refractivity (Wildman–Crippen MR) is 80.9 cm³/mol. The Balaban J connectivity index is 2.20. The summed E-state index contributed by atoms with van der Waals surface area (Å²) >= 11 is 5.83. The molecule has 20 heavy (non-hydrogen) atoms. The third kappa shape index (κ3) is 3.17. The first-order valence-corrected chi connectivity index (χ1v) is 6.83. The van der Waals surface area contributed by atoms with Crippen LogP contribution in [0.4, 0.5) is 0 Å². The number of rotatable bonds is 3. The van der Waals surface area contributed by atoms with Crippen molar-refractivity contribution >= 4 is 17.5 Å². The quantitative estimate of drug-likeness (QED) is 0.803. The lowest BCUT2D eigenvalue weighted by Gasteiger charge is -2.25. The zero-order valence-corrected chi connectivity index (χ0v) is 12.6. The van der Waals surface area contributed by atoms with Gasteiger partial charge in [0.05, 0.1) is 6.04 Å². The Labute approximate surface area is 124 Å². The maximum Gasteiger partial charge on any atom is 0.272 e. The Morgan fingerprint density at radius 3 is 2.45 bits per heavy atom. The van der Waals surface area contributed by atoms with Crippen LogP contribution < -0.4 is 0 Å². The fourth-order valence-corrected chi connectivity index (χ4v) is 2.12. The molecule has 0 aliphatic heterocycles. The molecule has 1 aromatic heterocycles. The van der Waals surface area contributed by atoms with Gasteiger partial charge in [-0.15, -0.1) is 0 Å². The Kier molecular flexibility index (Phi) is 4.40. The van der Waals surface area contributed by atoms with Crippen molar-refractivity contribution in [3.8, 4) is 0 Å². The first kappa shape index (κ1) is 14.5. The molecule has 0 radical (unpaired) electrons. The fourth-order valence-electron chi connectivity index (χ4n) is 1.95. The van der Waals surface area contributed by atoms with Gasteiger partial charge >= 0.3 is 0 Å².